The lowest BCUT2D eigenvalue weighted by Crippen LogP contribution is -2.24. The molecule has 1 aromatic rings. The van der Waals surface area contributed by atoms with Crippen molar-refractivity contribution in [1.82, 2.24) is 0 Å². The van der Waals surface area contributed by atoms with E-state index in [0.29, 0.717) is 0 Å². The third-order valence-electron chi connectivity index (χ3n) is 4.59. The minimum Gasteiger partial charge on any atom is -0.382 e. The Morgan fingerprint density at radius 2 is 1.53 bits per heavy atom. The fraction of sp³-hybridized carbons (Fsp3) is 0.647. The Bertz CT molecular complexity index is 388. The van der Waals surface area contributed by atoms with Gasteiger partial charge in [0.2, 0.25) is 0 Å². The molecule has 2 nitrogen and oxygen atoms in total. The third-order valence-corrected chi connectivity index (χ3v) is 4.59. The summed E-state index contributed by atoms with van der Waals surface area (Å²) in [6, 6.07) is 9.77. The molecule has 0 atom stereocenters. The van der Waals surface area contributed by atoms with Crippen molar-refractivity contribution in [3.63, 3.8) is 0 Å². The molecule has 2 aliphatic rings. The van der Waals surface area contributed by atoms with Gasteiger partial charge in [-0.3, -0.25) is 0 Å². The van der Waals surface area contributed by atoms with Gasteiger partial charge in [0.25, 0.3) is 0 Å². The van der Waals surface area contributed by atoms with Gasteiger partial charge in [0.15, 0.2) is 0 Å². The molecule has 1 N–H and O–H groups in total. The van der Waals surface area contributed by atoms with Gasteiger partial charge in [0.05, 0.1) is 0 Å². The standard InChI is InChI=1S/C17H26N2/c1-3-19(4-2)16-11-9-15(10-12-16)18-17(13-5-6-13)14-7-8-14/h9-14,17-18H,3-8H2,1-2H3. The molecule has 0 aromatic heterocycles. The van der Waals surface area contributed by atoms with Gasteiger partial charge in [-0.1, -0.05) is 0 Å². The summed E-state index contributed by atoms with van der Waals surface area (Å²) >= 11 is 0. The van der Waals surface area contributed by atoms with Crippen molar-refractivity contribution in [3.05, 3.63) is 24.3 Å². The third kappa shape index (κ3) is 3.05. The fourth-order valence-electron chi connectivity index (χ4n) is 3.08. The van der Waals surface area contributed by atoms with Gasteiger partial charge in [0, 0.05) is 30.5 Å². The van der Waals surface area contributed by atoms with Crippen molar-refractivity contribution in [2.75, 3.05) is 23.3 Å². The van der Waals surface area contributed by atoms with Crippen LogP contribution in [0.5, 0.6) is 0 Å². The average Bonchev–Trinajstić information content (AvgIpc) is 3.30. The van der Waals surface area contributed by atoms with E-state index in [1.165, 1.54) is 37.1 Å². The topological polar surface area (TPSA) is 15.3 Å². The van der Waals surface area contributed by atoms with Gasteiger partial charge in [-0.15, -0.1) is 0 Å². The molecular formula is C17H26N2. The van der Waals surface area contributed by atoms with E-state index in [9.17, 15) is 0 Å². The molecule has 3 rings (SSSR count). The summed E-state index contributed by atoms with van der Waals surface area (Å²) in [5.74, 6) is 1.91. The summed E-state index contributed by atoms with van der Waals surface area (Å²) in [6.07, 6.45) is 5.74. The Labute approximate surface area is 117 Å². The van der Waals surface area contributed by atoms with Crippen molar-refractivity contribution < 1.29 is 0 Å². The molecule has 0 unspecified atom stereocenters. The molecule has 1 aromatic carbocycles. The second-order valence-corrected chi connectivity index (χ2v) is 6.06. The number of nitrogens with one attached hydrogen (secondary N) is 1. The Kier molecular flexibility index (Phi) is 3.67. The lowest BCUT2D eigenvalue weighted by molar-refractivity contribution is 0.568. The molecule has 2 saturated carbocycles. The molecule has 2 heteroatoms. The molecule has 0 saturated heterocycles. The lowest BCUT2D eigenvalue weighted by atomic mass is 10.1. The van der Waals surface area contributed by atoms with E-state index in [4.69, 9.17) is 0 Å². The summed E-state index contributed by atoms with van der Waals surface area (Å²) in [4.78, 5) is 2.39. The normalized spacial score (nSPS) is 18.7. The van der Waals surface area contributed by atoms with Gasteiger partial charge >= 0.3 is 0 Å². The van der Waals surface area contributed by atoms with Crippen LogP contribution in [0.1, 0.15) is 39.5 Å². The highest BCUT2D eigenvalue weighted by molar-refractivity contribution is 5.55. The Hall–Kier alpha value is -1.18. The number of hydrogen-bond donors (Lipinski definition) is 1. The van der Waals surface area contributed by atoms with Crippen molar-refractivity contribution in [1.29, 1.82) is 0 Å². The van der Waals surface area contributed by atoms with E-state index in [-0.39, 0.29) is 0 Å². The summed E-state index contributed by atoms with van der Waals surface area (Å²) in [6.45, 7) is 6.59. The molecule has 0 amide bonds. The Balaban J connectivity index is 1.64. The van der Waals surface area contributed by atoms with Gasteiger partial charge in [-0.2, -0.15) is 0 Å². The van der Waals surface area contributed by atoms with Crippen LogP contribution < -0.4 is 10.2 Å². The van der Waals surface area contributed by atoms with Gasteiger partial charge in [-0.25, -0.2) is 0 Å². The van der Waals surface area contributed by atoms with E-state index in [0.717, 1.165) is 31.0 Å². The largest absolute Gasteiger partial charge is 0.382 e. The predicted molar refractivity (Wildman–Crippen MR) is 82.9 cm³/mol. The summed E-state index contributed by atoms with van der Waals surface area (Å²) in [5, 5.41) is 3.79. The molecule has 0 spiro atoms. The molecule has 2 fully saturated rings. The number of nitrogens with zero attached hydrogens (tertiary/aromatic N) is 1. The fourth-order valence-corrected chi connectivity index (χ4v) is 3.08. The van der Waals surface area contributed by atoms with E-state index in [1.807, 2.05) is 0 Å². The number of rotatable bonds is 7. The van der Waals surface area contributed by atoms with Gasteiger partial charge < -0.3 is 10.2 Å². The van der Waals surface area contributed by atoms with E-state index >= 15 is 0 Å². The number of anilines is 2. The summed E-state index contributed by atoms with van der Waals surface area (Å²) in [7, 11) is 0. The first-order chi connectivity index (χ1) is 9.31. The second kappa shape index (κ2) is 5.44. The number of hydrogen-bond acceptors (Lipinski definition) is 2. The summed E-state index contributed by atoms with van der Waals surface area (Å²) < 4.78 is 0. The Morgan fingerprint density at radius 3 is 1.95 bits per heavy atom. The van der Waals surface area contributed by atoms with Crippen molar-refractivity contribution in [2.24, 2.45) is 11.8 Å². The average molecular weight is 258 g/mol. The second-order valence-electron chi connectivity index (χ2n) is 6.06. The lowest BCUT2D eigenvalue weighted by Gasteiger charge is -2.23. The van der Waals surface area contributed by atoms with E-state index in [1.54, 1.807) is 0 Å². The highest BCUT2D eigenvalue weighted by Crippen LogP contribution is 2.45. The zero-order valence-electron chi connectivity index (χ0n) is 12.2. The predicted octanol–water partition coefficient (Wildman–Crippen LogP) is 4.13. The van der Waals surface area contributed by atoms with Crippen LogP contribution in [0.3, 0.4) is 0 Å². The molecule has 0 heterocycles. The summed E-state index contributed by atoms with van der Waals surface area (Å²) in [5.41, 5.74) is 2.64. The first kappa shape index (κ1) is 12.8. The molecular weight excluding hydrogens is 232 g/mol. The van der Waals surface area contributed by atoms with Crippen molar-refractivity contribution in [3.8, 4) is 0 Å². The minimum atomic E-state index is 0.749. The van der Waals surface area contributed by atoms with Gasteiger partial charge in [0.1, 0.15) is 0 Å². The maximum absolute atomic E-state index is 3.79. The quantitative estimate of drug-likeness (QED) is 0.791. The highest BCUT2D eigenvalue weighted by atomic mass is 15.1. The maximum atomic E-state index is 3.79. The Morgan fingerprint density at radius 1 is 1.00 bits per heavy atom. The molecule has 0 radical (unpaired) electrons. The number of benzene rings is 1. The monoisotopic (exact) mass is 258 g/mol. The zero-order valence-corrected chi connectivity index (χ0v) is 12.2. The van der Waals surface area contributed by atoms with Crippen molar-refractivity contribution in [2.45, 2.75) is 45.6 Å². The molecule has 19 heavy (non-hydrogen) atoms. The smallest absolute Gasteiger partial charge is 0.0367 e. The molecule has 104 valence electrons. The molecule has 0 bridgehead atoms. The van der Waals surface area contributed by atoms with E-state index < -0.39 is 0 Å². The van der Waals surface area contributed by atoms with Crippen LogP contribution in [0.15, 0.2) is 24.3 Å². The van der Waals surface area contributed by atoms with Crippen LogP contribution >= 0.6 is 0 Å². The first-order valence-electron chi connectivity index (χ1n) is 7.93. The van der Waals surface area contributed by atoms with Gasteiger partial charge in [-0.05, 0) is 75.6 Å². The van der Waals surface area contributed by atoms with Crippen LogP contribution in [-0.2, 0) is 0 Å². The van der Waals surface area contributed by atoms with Crippen LogP contribution in [0.4, 0.5) is 11.4 Å². The van der Waals surface area contributed by atoms with E-state index in [2.05, 4.69) is 48.3 Å². The van der Waals surface area contributed by atoms with Crippen molar-refractivity contribution >= 4 is 11.4 Å². The molecule has 0 aliphatic heterocycles. The highest BCUT2D eigenvalue weighted by Gasteiger charge is 2.41. The maximum Gasteiger partial charge on any atom is 0.0367 e. The van der Waals surface area contributed by atoms with Crippen LogP contribution in [0.2, 0.25) is 0 Å². The zero-order chi connectivity index (χ0) is 13.2. The van der Waals surface area contributed by atoms with Crippen LogP contribution in [-0.4, -0.2) is 19.1 Å². The molecule has 2 aliphatic carbocycles. The SMILES string of the molecule is CCN(CC)c1ccc(NC(C2CC2)C2CC2)cc1. The minimum absolute atomic E-state index is 0.749. The van der Waals surface area contributed by atoms with Crippen LogP contribution in [0.25, 0.3) is 0 Å². The van der Waals surface area contributed by atoms with Crippen LogP contribution in [0, 0.1) is 11.8 Å². The first-order valence-corrected chi connectivity index (χ1v) is 7.93.